The largest absolute Gasteiger partial charge is 0.490 e. The van der Waals surface area contributed by atoms with Gasteiger partial charge in [0.15, 0.2) is 11.5 Å². The van der Waals surface area contributed by atoms with E-state index in [2.05, 4.69) is 6.92 Å². The number of amides is 2. The Morgan fingerprint density at radius 2 is 1.69 bits per heavy atom. The number of hydrogen-bond acceptors (Lipinski definition) is 6. The lowest BCUT2D eigenvalue weighted by atomic mass is 9.93. The van der Waals surface area contributed by atoms with Gasteiger partial charge in [0.25, 0.3) is 11.8 Å². The van der Waals surface area contributed by atoms with Crippen molar-refractivity contribution in [2.45, 2.75) is 66.2 Å². The van der Waals surface area contributed by atoms with E-state index in [1.54, 1.807) is 13.0 Å². The number of nitriles is 1. The van der Waals surface area contributed by atoms with Gasteiger partial charge < -0.3 is 14.2 Å². The molecule has 0 bridgehead atoms. The third kappa shape index (κ3) is 7.97. The van der Waals surface area contributed by atoms with Crippen molar-refractivity contribution in [2.75, 3.05) is 33.0 Å². The average Bonchev–Trinajstić information content (AvgIpc) is 2.85. The molecule has 0 spiro atoms. The normalized spacial score (nSPS) is 15.1. The van der Waals surface area contributed by atoms with Crippen LogP contribution in [0.5, 0.6) is 11.5 Å². The van der Waals surface area contributed by atoms with Gasteiger partial charge in [0.2, 0.25) is 0 Å². The number of carbonyl (C=O) groups is 2. The van der Waals surface area contributed by atoms with Gasteiger partial charge in [0.05, 0.1) is 13.2 Å². The smallest absolute Gasteiger partial charge is 0.271 e. The predicted molar refractivity (Wildman–Crippen MR) is 136 cm³/mol. The van der Waals surface area contributed by atoms with Crippen LogP contribution in [0.2, 0.25) is 0 Å². The summed E-state index contributed by atoms with van der Waals surface area (Å²) in [5, 5.41) is 9.58. The average molecular weight is 483 g/mol. The minimum atomic E-state index is -0.554. The van der Waals surface area contributed by atoms with Crippen molar-refractivity contribution in [3.05, 3.63) is 40.5 Å². The first-order chi connectivity index (χ1) is 17.0. The molecule has 7 heteroatoms. The zero-order valence-electron chi connectivity index (χ0n) is 21.5. The molecule has 0 aromatic heterocycles. The van der Waals surface area contributed by atoms with Crippen LogP contribution in [0, 0.1) is 11.3 Å². The number of ether oxygens (including phenoxy) is 3. The summed E-state index contributed by atoms with van der Waals surface area (Å²) in [6.45, 7) is 9.92. The molecular weight excluding hydrogens is 444 g/mol. The molecular formula is C28H38N2O5. The summed E-state index contributed by atoms with van der Waals surface area (Å²) in [5.74, 6) is 0.303. The molecule has 1 aliphatic rings. The van der Waals surface area contributed by atoms with Gasteiger partial charge in [-0.1, -0.05) is 38.7 Å². The van der Waals surface area contributed by atoms with Crippen LogP contribution in [0.1, 0.15) is 71.8 Å². The van der Waals surface area contributed by atoms with E-state index in [9.17, 15) is 14.9 Å². The predicted octanol–water partition coefficient (Wildman–Crippen LogP) is 5.45. The third-order valence-corrected chi connectivity index (χ3v) is 5.78. The van der Waals surface area contributed by atoms with E-state index in [-0.39, 0.29) is 12.1 Å². The Kier molecular flexibility index (Phi) is 12.1. The fourth-order valence-electron chi connectivity index (χ4n) is 3.86. The second-order valence-corrected chi connectivity index (χ2v) is 8.38. The number of benzene rings is 1. The molecule has 35 heavy (non-hydrogen) atoms. The summed E-state index contributed by atoms with van der Waals surface area (Å²) in [4.78, 5) is 27.1. The molecule has 0 unspecified atom stereocenters. The van der Waals surface area contributed by atoms with Gasteiger partial charge in [0.1, 0.15) is 11.6 Å². The van der Waals surface area contributed by atoms with Crippen LogP contribution in [0.15, 0.2) is 34.9 Å². The summed E-state index contributed by atoms with van der Waals surface area (Å²) in [6.07, 6.45) is 7.99. The number of imide groups is 1. The Hall–Kier alpha value is -3.11. The Labute approximate surface area is 209 Å². The zero-order valence-corrected chi connectivity index (χ0v) is 21.5. The Morgan fingerprint density at radius 1 is 0.914 bits per heavy atom. The lowest BCUT2D eigenvalue weighted by Crippen LogP contribution is -2.43. The second kappa shape index (κ2) is 15.0. The molecule has 0 fully saturated rings. The van der Waals surface area contributed by atoms with E-state index < -0.39 is 11.8 Å². The highest BCUT2D eigenvalue weighted by molar-refractivity contribution is 6.19. The number of rotatable bonds is 15. The van der Waals surface area contributed by atoms with E-state index in [4.69, 9.17) is 14.2 Å². The third-order valence-electron chi connectivity index (χ3n) is 5.78. The molecule has 0 aliphatic carbocycles. The molecule has 7 nitrogen and oxygen atoms in total. The number of unbranched alkanes of at least 4 members (excludes halogenated alkanes) is 4. The van der Waals surface area contributed by atoms with Crippen molar-refractivity contribution in [1.29, 1.82) is 5.26 Å². The second-order valence-electron chi connectivity index (χ2n) is 8.38. The van der Waals surface area contributed by atoms with E-state index in [0.29, 0.717) is 55.5 Å². The maximum absolute atomic E-state index is 13.2. The highest BCUT2D eigenvalue weighted by Crippen LogP contribution is 2.32. The molecule has 1 aromatic carbocycles. The lowest BCUT2D eigenvalue weighted by Gasteiger charge is -2.27. The van der Waals surface area contributed by atoms with Crippen LogP contribution in [0.4, 0.5) is 0 Å². The highest BCUT2D eigenvalue weighted by atomic mass is 16.5. The highest BCUT2D eigenvalue weighted by Gasteiger charge is 2.35. The Morgan fingerprint density at radius 3 is 2.37 bits per heavy atom. The SMILES string of the molecule is CCCCCCCOc1ccc(/C=C2/C(=O)N(CCCOCC)C(=O)C(C#N)=C2C)cc1OCC. The van der Waals surface area contributed by atoms with Crippen LogP contribution in [0.3, 0.4) is 0 Å². The molecule has 0 saturated heterocycles. The molecule has 0 N–H and O–H groups in total. The maximum atomic E-state index is 13.2. The van der Waals surface area contributed by atoms with Gasteiger partial charge in [-0.3, -0.25) is 14.5 Å². The van der Waals surface area contributed by atoms with Crippen LogP contribution < -0.4 is 9.47 Å². The maximum Gasteiger partial charge on any atom is 0.271 e. The molecule has 2 amide bonds. The first kappa shape index (κ1) is 28.1. The Bertz CT molecular complexity index is 974. The Balaban J connectivity index is 2.26. The van der Waals surface area contributed by atoms with Gasteiger partial charge in [-0.2, -0.15) is 5.26 Å². The molecule has 190 valence electrons. The van der Waals surface area contributed by atoms with E-state index in [1.807, 2.05) is 38.1 Å². The standard InChI is InChI=1S/C28H38N2O5/c1-5-8-9-10-11-17-35-25-14-13-22(19-26(25)34-7-3)18-23-21(4)24(20-29)28(32)30(27(23)31)15-12-16-33-6-2/h13-14,18-19H,5-12,15-17H2,1-4H3/b23-18+. The first-order valence-corrected chi connectivity index (χ1v) is 12.6. The minimum absolute atomic E-state index is 0.0136. The summed E-state index contributed by atoms with van der Waals surface area (Å²) in [5.41, 5.74) is 1.42. The van der Waals surface area contributed by atoms with Crippen molar-refractivity contribution in [3.8, 4) is 17.6 Å². The van der Waals surface area contributed by atoms with Crippen LogP contribution in [-0.4, -0.2) is 49.7 Å². The monoisotopic (exact) mass is 482 g/mol. The summed E-state index contributed by atoms with van der Waals surface area (Å²) in [6, 6.07) is 7.49. The van der Waals surface area contributed by atoms with E-state index >= 15 is 0 Å². The number of carbonyl (C=O) groups excluding carboxylic acids is 2. The molecule has 1 aromatic rings. The van der Waals surface area contributed by atoms with Crippen molar-refractivity contribution in [2.24, 2.45) is 0 Å². The van der Waals surface area contributed by atoms with Crippen molar-refractivity contribution < 1.29 is 23.8 Å². The number of hydrogen-bond donors (Lipinski definition) is 0. The molecule has 2 rings (SSSR count). The number of nitrogens with zero attached hydrogens (tertiary/aromatic N) is 2. The van der Waals surface area contributed by atoms with E-state index in [1.165, 1.54) is 19.3 Å². The van der Waals surface area contributed by atoms with Crippen molar-refractivity contribution >= 4 is 17.9 Å². The first-order valence-electron chi connectivity index (χ1n) is 12.6. The van der Waals surface area contributed by atoms with Crippen molar-refractivity contribution in [1.82, 2.24) is 4.90 Å². The fourth-order valence-corrected chi connectivity index (χ4v) is 3.86. The van der Waals surface area contributed by atoms with Gasteiger partial charge in [-0.05, 0) is 63.0 Å². The summed E-state index contributed by atoms with van der Waals surface area (Å²) in [7, 11) is 0. The molecule has 0 radical (unpaired) electrons. The van der Waals surface area contributed by atoms with Gasteiger partial charge in [0, 0.05) is 25.3 Å². The van der Waals surface area contributed by atoms with Gasteiger partial charge >= 0.3 is 0 Å². The minimum Gasteiger partial charge on any atom is -0.490 e. The van der Waals surface area contributed by atoms with Gasteiger partial charge in [-0.15, -0.1) is 0 Å². The summed E-state index contributed by atoms with van der Waals surface area (Å²) >= 11 is 0. The van der Waals surface area contributed by atoms with Gasteiger partial charge in [-0.25, -0.2) is 0 Å². The summed E-state index contributed by atoms with van der Waals surface area (Å²) < 4.78 is 17.1. The van der Waals surface area contributed by atoms with Crippen LogP contribution >= 0.6 is 0 Å². The van der Waals surface area contributed by atoms with Crippen LogP contribution in [0.25, 0.3) is 6.08 Å². The fraction of sp³-hybridized carbons (Fsp3) is 0.536. The topological polar surface area (TPSA) is 88.9 Å². The molecule has 0 saturated carbocycles. The van der Waals surface area contributed by atoms with Crippen LogP contribution in [-0.2, 0) is 14.3 Å². The quantitative estimate of drug-likeness (QED) is 0.188. The lowest BCUT2D eigenvalue weighted by molar-refractivity contribution is -0.140. The zero-order chi connectivity index (χ0) is 25.6. The molecule has 0 atom stereocenters. The van der Waals surface area contributed by atoms with E-state index in [0.717, 1.165) is 23.3 Å². The molecule has 1 heterocycles. The van der Waals surface area contributed by atoms with Crippen molar-refractivity contribution in [3.63, 3.8) is 0 Å². The molecule has 1 aliphatic heterocycles.